The molecule has 0 aliphatic carbocycles. The Bertz CT molecular complexity index is 547. The maximum atomic E-state index is 12.0. The Hall–Kier alpha value is -2.04. The van der Waals surface area contributed by atoms with Gasteiger partial charge in [-0.25, -0.2) is 4.79 Å². The number of hydrogen-bond acceptors (Lipinski definition) is 3. The van der Waals surface area contributed by atoms with Crippen molar-refractivity contribution in [2.75, 3.05) is 18.0 Å². The minimum absolute atomic E-state index is 0.151. The highest BCUT2D eigenvalue weighted by Crippen LogP contribution is 2.20. The maximum absolute atomic E-state index is 12.0. The van der Waals surface area contributed by atoms with Crippen LogP contribution in [0.25, 0.3) is 0 Å². The van der Waals surface area contributed by atoms with Crippen LogP contribution in [-0.2, 0) is 4.79 Å². The van der Waals surface area contributed by atoms with Gasteiger partial charge in [0, 0.05) is 17.8 Å². The lowest BCUT2D eigenvalue weighted by Gasteiger charge is -2.25. The Morgan fingerprint density at radius 2 is 1.82 bits per heavy atom. The summed E-state index contributed by atoms with van der Waals surface area (Å²) >= 11 is 0. The number of rotatable bonds is 4. The van der Waals surface area contributed by atoms with Crippen molar-refractivity contribution in [3.05, 3.63) is 29.3 Å². The summed E-state index contributed by atoms with van der Waals surface area (Å²) in [6.45, 7) is 12.5. The van der Waals surface area contributed by atoms with E-state index in [1.54, 1.807) is 0 Å². The molecular weight excluding hydrogens is 278 g/mol. The minimum atomic E-state index is -0.464. The Morgan fingerprint density at radius 1 is 1.18 bits per heavy atom. The first-order chi connectivity index (χ1) is 10.1. The number of hydrogen-bond donors (Lipinski definition) is 2. The molecule has 1 aromatic carbocycles. The molecule has 0 heterocycles. The summed E-state index contributed by atoms with van der Waals surface area (Å²) < 4.78 is 0. The molecule has 122 valence electrons. The van der Waals surface area contributed by atoms with Crippen LogP contribution < -0.4 is 15.5 Å². The smallest absolute Gasteiger partial charge is 0.321 e. The zero-order valence-corrected chi connectivity index (χ0v) is 14.4. The quantitative estimate of drug-likeness (QED) is 0.899. The van der Waals surface area contributed by atoms with E-state index in [2.05, 4.69) is 16.7 Å². The zero-order chi connectivity index (χ0) is 16.9. The number of urea groups is 1. The molecule has 2 N–H and O–H groups in total. The second kappa shape index (κ2) is 7.29. The van der Waals surface area contributed by atoms with E-state index in [0.29, 0.717) is 6.54 Å². The molecule has 22 heavy (non-hydrogen) atoms. The summed E-state index contributed by atoms with van der Waals surface area (Å²) in [5, 5.41) is 5.08. The molecule has 1 aromatic rings. The lowest BCUT2D eigenvalue weighted by atomic mass is 10.1. The second-order valence-electron chi connectivity index (χ2n) is 6.56. The fourth-order valence-electron chi connectivity index (χ4n) is 2.24. The molecular formula is C17H27N3O2. The van der Waals surface area contributed by atoms with Gasteiger partial charge >= 0.3 is 6.03 Å². The monoisotopic (exact) mass is 305 g/mol. The third-order valence-electron chi connectivity index (χ3n) is 3.15. The molecule has 0 unspecified atom stereocenters. The second-order valence-corrected chi connectivity index (χ2v) is 6.56. The predicted octanol–water partition coefficient (Wildman–Crippen LogP) is 2.75. The number of aryl methyl sites for hydroxylation is 2. The van der Waals surface area contributed by atoms with Crippen molar-refractivity contribution in [2.45, 2.75) is 47.1 Å². The third kappa shape index (κ3) is 5.76. The van der Waals surface area contributed by atoms with Crippen LogP contribution in [0.15, 0.2) is 18.2 Å². The molecule has 0 bridgehead atoms. The summed E-state index contributed by atoms with van der Waals surface area (Å²) in [4.78, 5) is 25.7. The summed E-state index contributed by atoms with van der Waals surface area (Å²) in [5.74, 6) is -0.316. The molecule has 0 aromatic heterocycles. The number of amides is 3. The van der Waals surface area contributed by atoms with Crippen molar-refractivity contribution >= 4 is 17.6 Å². The van der Waals surface area contributed by atoms with Gasteiger partial charge in [-0.05, 0) is 53.2 Å². The zero-order valence-electron chi connectivity index (χ0n) is 14.4. The molecule has 5 heteroatoms. The van der Waals surface area contributed by atoms with Gasteiger partial charge in [-0.1, -0.05) is 17.7 Å². The van der Waals surface area contributed by atoms with Gasteiger partial charge in [0.2, 0.25) is 5.91 Å². The largest absolute Gasteiger partial charge is 0.362 e. The summed E-state index contributed by atoms with van der Waals surface area (Å²) in [5.41, 5.74) is 2.95. The van der Waals surface area contributed by atoms with Gasteiger partial charge in [0.1, 0.15) is 0 Å². The van der Waals surface area contributed by atoms with Crippen LogP contribution in [0.2, 0.25) is 0 Å². The average Bonchev–Trinajstić information content (AvgIpc) is 2.34. The van der Waals surface area contributed by atoms with Crippen LogP contribution >= 0.6 is 0 Å². The lowest BCUT2D eigenvalue weighted by Crippen LogP contribution is -2.50. The molecule has 5 nitrogen and oxygen atoms in total. The van der Waals surface area contributed by atoms with Crippen molar-refractivity contribution < 1.29 is 9.59 Å². The van der Waals surface area contributed by atoms with Gasteiger partial charge in [0.15, 0.2) is 0 Å². The van der Waals surface area contributed by atoms with E-state index in [0.717, 1.165) is 11.3 Å². The SMILES string of the molecule is CCN(CC(=O)NC(=O)NC(C)(C)C)c1ccc(C)cc1C. The maximum Gasteiger partial charge on any atom is 0.321 e. The van der Waals surface area contributed by atoms with Crippen molar-refractivity contribution in [1.82, 2.24) is 10.6 Å². The van der Waals surface area contributed by atoms with Gasteiger partial charge in [0.05, 0.1) is 6.54 Å². The first-order valence-corrected chi connectivity index (χ1v) is 7.56. The van der Waals surface area contributed by atoms with E-state index in [4.69, 9.17) is 0 Å². The van der Waals surface area contributed by atoms with Crippen LogP contribution in [0.3, 0.4) is 0 Å². The van der Waals surface area contributed by atoms with Crippen molar-refractivity contribution in [1.29, 1.82) is 0 Å². The Labute approximate surface area is 133 Å². The normalized spacial score (nSPS) is 11.0. The number of nitrogens with zero attached hydrogens (tertiary/aromatic N) is 1. The Morgan fingerprint density at radius 3 is 2.32 bits per heavy atom. The minimum Gasteiger partial charge on any atom is -0.362 e. The number of anilines is 1. The molecule has 0 aliphatic heterocycles. The van der Waals surface area contributed by atoms with E-state index in [1.807, 2.05) is 58.6 Å². The van der Waals surface area contributed by atoms with Crippen LogP contribution in [0, 0.1) is 13.8 Å². The topological polar surface area (TPSA) is 61.4 Å². The predicted molar refractivity (Wildman–Crippen MR) is 90.2 cm³/mol. The average molecular weight is 305 g/mol. The molecule has 0 saturated heterocycles. The highest BCUT2D eigenvalue weighted by molar-refractivity contribution is 5.96. The Kier molecular flexibility index (Phi) is 5.97. The van der Waals surface area contributed by atoms with Crippen molar-refractivity contribution in [3.8, 4) is 0 Å². The van der Waals surface area contributed by atoms with Gasteiger partial charge in [-0.15, -0.1) is 0 Å². The van der Waals surface area contributed by atoms with Crippen LogP contribution in [0.5, 0.6) is 0 Å². The molecule has 3 amide bonds. The van der Waals surface area contributed by atoms with Gasteiger partial charge in [-0.2, -0.15) is 0 Å². The third-order valence-corrected chi connectivity index (χ3v) is 3.15. The van der Waals surface area contributed by atoms with Gasteiger partial charge in [0.25, 0.3) is 0 Å². The molecule has 1 rings (SSSR count). The van der Waals surface area contributed by atoms with Gasteiger partial charge in [-0.3, -0.25) is 10.1 Å². The molecule has 0 spiro atoms. The van der Waals surface area contributed by atoms with Crippen LogP contribution in [0.1, 0.15) is 38.8 Å². The molecule has 0 atom stereocenters. The summed E-state index contributed by atoms with van der Waals surface area (Å²) in [6.07, 6.45) is 0. The standard InChI is InChI=1S/C17H27N3O2/c1-7-20(14-9-8-12(2)10-13(14)3)11-15(21)18-16(22)19-17(4,5)6/h8-10H,7,11H2,1-6H3,(H2,18,19,21,22). The first kappa shape index (κ1) is 18.0. The van der Waals surface area contributed by atoms with Crippen LogP contribution in [0.4, 0.5) is 10.5 Å². The number of benzene rings is 1. The van der Waals surface area contributed by atoms with E-state index in [-0.39, 0.29) is 18.0 Å². The number of carbonyl (C=O) groups excluding carboxylic acids is 2. The van der Waals surface area contributed by atoms with Crippen molar-refractivity contribution in [2.24, 2.45) is 0 Å². The summed E-state index contributed by atoms with van der Waals surface area (Å²) in [7, 11) is 0. The number of likely N-dealkylation sites (N-methyl/N-ethyl adjacent to an activating group) is 1. The number of carbonyl (C=O) groups is 2. The molecule has 0 aliphatic rings. The van der Waals surface area contributed by atoms with Crippen LogP contribution in [-0.4, -0.2) is 30.6 Å². The Balaban J connectivity index is 2.70. The van der Waals surface area contributed by atoms with E-state index in [9.17, 15) is 9.59 Å². The molecule has 0 radical (unpaired) electrons. The number of nitrogens with one attached hydrogen (secondary N) is 2. The first-order valence-electron chi connectivity index (χ1n) is 7.56. The van der Waals surface area contributed by atoms with E-state index >= 15 is 0 Å². The fraction of sp³-hybridized carbons (Fsp3) is 0.529. The van der Waals surface area contributed by atoms with Crippen molar-refractivity contribution in [3.63, 3.8) is 0 Å². The lowest BCUT2D eigenvalue weighted by molar-refractivity contribution is -0.118. The summed E-state index contributed by atoms with van der Waals surface area (Å²) in [6, 6.07) is 5.66. The number of imide groups is 1. The molecule has 0 saturated carbocycles. The highest BCUT2D eigenvalue weighted by Gasteiger charge is 2.17. The fourth-order valence-corrected chi connectivity index (χ4v) is 2.24. The van der Waals surface area contributed by atoms with E-state index < -0.39 is 6.03 Å². The van der Waals surface area contributed by atoms with E-state index in [1.165, 1.54) is 5.56 Å². The molecule has 0 fully saturated rings. The highest BCUT2D eigenvalue weighted by atomic mass is 16.2. The van der Waals surface area contributed by atoms with Gasteiger partial charge < -0.3 is 10.2 Å².